The number of likely N-dealkylation sites (tertiary alicyclic amines) is 1. The molecule has 1 fully saturated rings. The van der Waals surface area contributed by atoms with Crippen LogP contribution in [0.3, 0.4) is 0 Å². The van der Waals surface area contributed by atoms with Crippen molar-refractivity contribution in [2.45, 2.75) is 20.3 Å². The zero-order valence-electron chi connectivity index (χ0n) is 11.5. The van der Waals surface area contributed by atoms with E-state index in [1.165, 1.54) is 12.1 Å². The number of carbonyl (C=O) groups excluding carboxylic acids is 1. The summed E-state index contributed by atoms with van der Waals surface area (Å²) >= 11 is 0. The molecule has 104 valence electrons. The van der Waals surface area contributed by atoms with Crippen LogP contribution >= 0.6 is 0 Å². The molecule has 4 heteroatoms. The molecule has 1 amide bonds. The lowest BCUT2D eigenvalue weighted by Gasteiger charge is -2.36. The highest BCUT2D eigenvalue weighted by molar-refractivity contribution is 5.95. The zero-order valence-corrected chi connectivity index (χ0v) is 11.5. The number of rotatable bonds is 2. The summed E-state index contributed by atoms with van der Waals surface area (Å²) in [5.41, 5.74) is 7.03. The van der Waals surface area contributed by atoms with E-state index >= 15 is 0 Å². The highest BCUT2D eigenvalue weighted by atomic mass is 19.1. The van der Waals surface area contributed by atoms with E-state index in [9.17, 15) is 9.18 Å². The molecule has 0 saturated carbocycles. The summed E-state index contributed by atoms with van der Waals surface area (Å²) in [6.07, 6.45) is 0.980. The topological polar surface area (TPSA) is 46.3 Å². The lowest BCUT2D eigenvalue weighted by molar-refractivity contribution is 0.0618. The van der Waals surface area contributed by atoms with E-state index in [4.69, 9.17) is 5.73 Å². The molecule has 0 spiro atoms. The standard InChI is InChI=1S/C15H21FN2O/c1-10-5-6-18(9-12(10)8-17)15(19)14-4-3-13(16)7-11(14)2/h3-4,7,10,12H,5-6,8-9,17H2,1-2H3. The molecule has 0 aliphatic carbocycles. The fourth-order valence-electron chi connectivity index (χ4n) is 2.68. The molecule has 1 aliphatic rings. The fraction of sp³-hybridized carbons (Fsp3) is 0.533. The Balaban J connectivity index is 2.15. The van der Waals surface area contributed by atoms with Gasteiger partial charge in [-0.1, -0.05) is 6.92 Å². The van der Waals surface area contributed by atoms with E-state index in [1.54, 1.807) is 13.0 Å². The van der Waals surface area contributed by atoms with Crippen molar-refractivity contribution in [1.29, 1.82) is 0 Å². The monoisotopic (exact) mass is 264 g/mol. The number of aryl methyl sites for hydroxylation is 1. The quantitative estimate of drug-likeness (QED) is 0.890. The predicted molar refractivity (Wildman–Crippen MR) is 73.4 cm³/mol. The summed E-state index contributed by atoms with van der Waals surface area (Å²) < 4.78 is 13.1. The van der Waals surface area contributed by atoms with E-state index in [2.05, 4.69) is 6.92 Å². The molecule has 0 radical (unpaired) electrons. The molecule has 2 N–H and O–H groups in total. The molecule has 0 aromatic heterocycles. The third-order valence-corrected chi connectivity index (χ3v) is 4.12. The average molecular weight is 264 g/mol. The van der Waals surface area contributed by atoms with Crippen molar-refractivity contribution in [3.63, 3.8) is 0 Å². The van der Waals surface area contributed by atoms with E-state index in [0.717, 1.165) is 13.0 Å². The molecule has 2 atom stereocenters. The maximum atomic E-state index is 13.1. The van der Waals surface area contributed by atoms with Gasteiger partial charge in [0.1, 0.15) is 5.82 Å². The Bertz CT molecular complexity index is 475. The van der Waals surface area contributed by atoms with Crippen LogP contribution in [0.25, 0.3) is 0 Å². The van der Waals surface area contributed by atoms with Crippen molar-refractivity contribution < 1.29 is 9.18 Å². The smallest absolute Gasteiger partial charge is 0.254 e. The first-order chi connectivity index (χ1) is 9.02. The van der Waals surface area contributed by atoms with Gasteiger partial charge in [-0.3, -0.25) is 4.79 Å². The molecule has 1 saturated heterocycles. The lowest BCUT2D eigenvalue weighted by atomic mass is 9.87. The van der Waals surface area contributed by atoms with Gasteiger partial charge in [-0.25, -0.2) is 4.39 Å². The first-order valence-electron chi connectivity index (χ1n) is 6.78. The van der Waals surface area contributed by atoms with E-state index in [1.807, 2.05) is 4.90 Å². The first kappa shape index (κ1) is 14.0. The molecular weight excluding hydrogens is 243 g/mol. The Morgan fingerprint density at radius 1 is 1.53 bits per heavy atom. The van der Waals surface area contributed by atoms with Crippen molar-refractivity contribution in [2.24, 2.45) is 17.6 Å². The normalized spacial score (nSPS) is 23.5. The Kier molecular flexibility index (Phi) is 4.20. The highest BCUT2D eigenvalue weighted by Crippen LogP contribution is 2.24. The third-order valence-electron chi connectivity index (χ3n) is 4.12. The molecule has 2 rings (SSSR count). The second kappa shape index (κ2) is 5.70. The summed E-state index contributed by atoms with van der Waals surface area (Å²) in [7, 11) is 0. The van der Waals surface area contributed by atoms with Crippen LogP contribution in [0.1, 0.15) is 29.3 Å². The molecule has 1 aliphatic heterocycles. The molecule has 3 nitrogen and oxygen atoms in total. The number of hydrogen-bond donors (Lipinski definition) is 1. The van der Waals surface area contributed by atoms with Crippen LogP contribution in [0.15, 0.2) is 18.2 Å². The molecule has 1 heterocycles. The highest BCUT2D eigenvalue weighted by Gasteiger charge is 2.28. The molecule has 1 aromatic rings. The van der Waals surface area contributed by atoms with Crippen molar-refractivity contribution in [1.82, 2.24) is 4.90 Å². The number of halogens is 1. The summed E-state index contributed by atoms with van der Waals surface area (Å²) in [4.78, 5) is 14.3. The number of hydrogen-bond acceptors (Lipinski definition) is 2. The molecule has 2 unspecified atom stereocenters. The van der Waals surface area contributed by atoms with Crippen molar-refractivity contribution >= 4 is 5.91 Å². The summed E-state index contributed by atoms with van der Waals surface area (Å²) in [6.45, 7) is 6.01. The molecule has 0 bridgehead atoms. The summed E-state index contributed by atoms with van der Waals surface area (Å²) in [6, 6.07) is 4.32. The molecule has 19 heavy (non-hydrogen) atoms. The maximum Gasteiger partial charge on any atom is 0.254 e. The van der Waals surface area contributed by atoms with Gasteiger partial charge in [0, 0.05) is 18.7 Å². The van der Waals surface area contributed by atoms with E-state index in [-0.39, 0.29) is 11.7 Å². The molecule has 1 aromatic carbocycles. The molecular formula is C15H21FN2O. The largest absolute Gasteiger partial charge is 0.338 e. The van der Waals surface area contributed by atoms with E-state index in [0.29, 0.717) is 36.1 Å². The van der Waals surface area contributed by atoms with Gasteiger partial charge in [0.25, 0.3) is 5.91 Å². The summed E-state index contributed by atoms with van der Waals surface area (Å²) in [5.74, 6) is 0.603. The van der Waals surface area contributed by atoms with Gasteiger partial charge in [-0.15, -0.1) is 0 Å². The van der Waals surface area contributed by atoms with Crippen LogP contribution in [0, 0.1) is 24.6 Å². The fourth-order valence-corrected chi connectivity index (χ4v) is 2.68. The number of amides is 1. The average Bonchev–Trinajstić information content (AvgIpc) is 2.38. The van der Waals surface area contributed by atoms with Gasteiger partial charge in [-0.2, -0.15) is 0 Å². The van der Waals surface area contributed by atoms with Crippen LogP contribution in [0.5, 0.6) is 0 Å². The number of carbonyl (C=O) groups is 1. The minimum atomic E-state index is -0.304. The van der Waals surface area contributed by atoms with E-state index < -0.39 is 0 Å². The third kappa shape index (κ3) is 2.95. The van der Waals surface area contributed by atoms with Gasteiger partial charge < -0.3 is 10.6 Å². The van der Waals surface area contributed by atoms with Gasteiger partial charge in [0.05, 0.1) is 0 Å². The second-order valence-corrected chi connectivity index (χ2v) is 5.47. The van der Waals surface area contributed by atoms with Crippen LogP contribution < -0.4 is 5.73 Å². The zero-order chi connectivity index (χ0) is 14.0. The van der Waals surface area contributed by atoms with Crippen molar-refractivity contribution in [3.05, 3.63) is 35.1 Å². The van der Waals surface area contributed by atoms with Gasteiger partial charge >= 0.3 is 0 Å². The number of nitrogens with two attached hydrogens (primary N) is 1. The van der Waals surface area contributed by atoms with Crippen LogP contribution in [-0.2, 0) is 0 Å². The second-order valence-electron chi connectivity index (χ2n) is 5.47. The van der Waals surface area contributed by atoms with Gasteiger partial charge in [0.2, 0.25) is 0 Å². The number of benzene rings is 1. The van der Waals surface area contributed by atoms with Gasteiger partial charge in [-0.05, 0) is 55.5 Å². The first-order valence-corrected chi connectivity index (χ1v) is 6.78. The Labute approximate surface area is 113 Å². The maximum absolute atomic E-state index is 13.1. The predicted octanol–water partition coefficient (Wildman–Crippen LogP) is 2.19. The van der Waals surface area contributed by atoms with Crippen LogP contribution in [0.2, 0.25) is 0 Å². The van der Waals surface area contributed by atoms with Crippen LogP contribution in [0.4, 0.5) is 4.39 Å². The minimum absolute atomic E-state index is 0.0112. The number of nitrogens with zero attached hydrogens (tertiary/aromatic N) is 1. The number of piperidine rings is 1. The van der Waals surface area contributed by atoms with Crippen LogP contribution in [-0.4, -0.2) is 30.4 Å². The summed E-state index contributed by atoms with van der Waals surface area (Å²) in [5, 5.41) is 0. The van der Waals surface area contributed by atoms with Crippen molar-refractivity contribution in [3.8, 4) is 0 Å². The Morgan fingerprint density at radius 3 is 2.89 bits per heavy atom. The SMILES string of the molecule is Cc1cc(F)ccc1C(=O)N1CCC(C)C(CN)C1. The lowest BCUT2D eigenvalue weighted by Crippen LogP contribution is -2.45. The Hall–Kier alpha value is -1.42. The Morgan fingerprint density at radius 2 is 2.26 bits per heavy atom. The van der Waals surface area contributed by atoms with Crippen molar-refractivity contribution in [2.75, 3.05) is 19.6 Å². The minimum Gasteiger partial charge on any atom is -0.338 e. The van der Waals surface area contributed by atoms with Gasteiger partial charge in [0.15, 0.2) is 0 Å².